The predicted molar refractivity (Wildman–Crippen MR) is 369 cm³/mol. The topological polar surface area (TPSA) is 307 Å². The molecule has 0 aliphatic carbocycles. The Morgan fingerprint density at radius 1 is 0.394 bits per heavy atom. The Balaban J connectivity index is 1.45. The minimum absolute atomic E-state index is 0.212. The van der Waals surface area contributed by atoms with Crippen LogP contribution in [0.15, 0.2) is 97.2 Å². The second-order valence-electron chi connectivity index (χ2n) is 25.7. The zero-order valence-corrected chi connectivity index (χ0v) is 57.4. The first-order valence-corrected chi connectivity index (χ1v) is 36.5. The van der Waals surface area contributed by atoms with Crippen molar-refractivity contribution in [2.24, 2.45) is 0 Å². The molecule has 542 valence electrons. The maximum Gasteiger partial charge on any atom is 0.220 e. The highest BCUT2D eigenvalue weighted by Crippen LogP contribution is 2.33. The first kappa shape index (κ1) is 84.9. The van der Waals surface area contributed by atoms with Gasteiger partial charge in [0.1, 0.15) is 73.2 Å². The number of aliphatic hydroxyl groups is 11. The third-order valence-corrected chi connectivity index (χ3v) is 17.6. The maximum absolute atomic E-state index is 13.4. The summed E-state index contributed by atoms with van der Waals surface area (Å²) in [6, 6.07) is -1.01. The molecule has 3 aliphatic heterocycles. The van der Waals surface area contributed by atoms with Crippen LogP contribution in [0.1, 0.15) is 239 Å². The van der Waals surface area contributed by atoms with Gasteiger partial charge in [-0.25, -0.2) is 0 Å². The lowest BCUT2D eigenvalue weighted by Gasteiger charge is -2.48. The van der Waals surface area contributed by atoms with E-state index in [0.717, 1.165) is 96.3 Å². The fraction of sp³-hybridized carbons (Fsp3) is 0.773. The summed E-state index contributed by atoms with van der Waals surface area (Å²) in [7, 11) is 0. The van der Waals surface area contributed by atoms with Gasteiger partial charge in [-0.15, -0.1) is 0 Å². The summed E-state index contributed by atoms with van der Waals surface area (Å²) in [6.45, 7) is 1.59. The van der Waals surface area contributed by atoms with E-state index in [9.17, 15) is 61.0 Å². The van der Waals surface area contributed by atoms with Crippen LogP contribution in [0.25, 0.3) is 0 Å². The molecule has 0 radical (unpaired) electrons. The lowest BCUT2D eigenvalue weighted by molar-refractivity contribution is -0.379. The first-order valence-electron chi connectivity index (χ1n) is 36.5. The van der Waals surface area contributed by atoms with Crippen molar-refractivity contribution in [3.05, 3.63) is 97.2 Å². The van der Waals surface area contributed by atoms with Crippen LogP contribution >= 0.6 is 0 Å². The number of ether oxygens (including phenoxy) is 6. The minimum atomic E-state index is -1.99. The Hall–Kier alpha value is -3.29. The fourth-order valence-electron chi connectivity index (χ4n) is 11.7. The third kappa shape index (κ3) is 36.5. The molecule has 17 atom stereocenters. The Morgan fingerprint density at radius 2 is 0.745 bits per heavy atom. The second kappa shape index (κ2) is 55.6. The van der Waals surface area contributed by atoms with Gasteiger partial charge in [0.05, 0.1) is 38.6 Å². The zero-order valence-electron chi connectivity index (χ0n) is 57.4. The van der Waals surface area contributed by atoms with Gasteiger partial charge in [0.25, 0.3) is 0 Å². The van der Waals surface area contributed by atoms with Gasteiger partial charge >= 0.3 is 0 Å². The van der Waals surface area contributed by atoms with Gasteiger partial charge in [0.15, 0.2) is 18.9 Å². The molecule has 0 aromatic heterocycles. The van der Waals surface area contributed by atoms with Crippen molar-refractivity contribution < 1.29 is 89.4 Å². The summed E-state index contributed by atoms with van der Waals surface area (Å²) in [5.41, 5.74) is 0. The van der Waals surface area contributed by atoms with Crippen LogP contribution < -0.4 is 5.32 Å². The van der Waals surface area contributed by atoms with Crippen LogP contribution in [0.4, 0.5) is 0 Å². The van der Waals surface area contributed by atoms with Crippen molar-refractivity contribution in [1.82, 2.24) is 5.32 Å². The van der Waals surface area contributed by atoms with E-state index < -0.39 is 124 Å². The quantitative estimate of drug-likeness (QED) is 0.0199. The molecule has 3 aliphatic rings. The van der Waals surface area contributed by atoms with Crippen molar-refractivity contribution in [1.29, 1.82) is 0 Å². The maximum atomic E-state index is 13.4. The summed E-state index contributed by atoms with van der Waals surface area (Å²) >= 11 is 0. The molecule has 94 heavy (non-hydrogen) atoms. The predicted octanol–water partition coefficient (Wildman–Crippen LogP) is 10.4. The number of nitrogens with one attached hydrogen (secondary N) is 1. The molecule has 3 fully saturated rings. The van der Waals surface area contributed by atoms with Crippen molar-refractivity contribution in [3.8, 4) is 0 Å². The average Bonchev–Trinajstić information content (AvgIpc) is 0.788. The zero-order chi connectivity index (χ0) is 68.2. The Labute approximate surface area is 564 Å². The van der Waals surface area contributed by atoms with Gasteiger partial charge in [0.2, 0.25) is 5.91 Å². The van der Waals surface area contributed by atoms with Crippen molar-refractivity contribution in [3.63, 3.8) is 0 Å². The van der Waals surface area contributed by atoms with E-state index in [1.807, 2.05) is 6.08 Å². The third-order valence-electron chi connectivity index (χ3n) is 17.6. The van der Waals surface area contributed by atoms with Gasteiger partial charge < -0.3 is 89.9 Å². The van der Waals surface area contributed by atoms with E-state index in [2.05, 4.69) is 104 Å². The van der Waals surface area contributed by atoms with Crippen LogP contribution in [0.3, 0.4) is 0 Å². The molecule has 0 saturated carbocycles. The van der Waals surface area contributed by atoms with Gasteiger partial charge in [0, 0.05) is 6.42 Å². The number of aliphatic hydroxyl groups excluding tert-OH is 11. The largest absolute Gasteiger partial charge is 0.394 e. The molecular formula is C75H129NO18. The van der Waals surface area contributed by atoms with Crippen molar-refractivity contribution in [2.75, 3.05) is 26.4 Å². The van der Waals surface area contributed by atoms with Crippen LogP contribution in [-0.4, -0.2) is 193 Å². The summed E-state index contributed by atoms with van der Waals surface area (Å²) in [6.07, 6.45) is 46.6. The van der Waals surface area contributed by atoms with Crippen LogP contribution in [0, 0.1) is 0 Å². The molecule has 3 rings (SSSR count). The van der Waals surface area contributed by atoms with Gasteiger partial charge in [-0.05, 0) is 83.5 Å². The molecule has 17 unspecified atom stereocenters. The summed E-state index contributed by atoms with van der Waals surface area (Å²) < 4.78 is 34.4. The smallest absolute Gasteiger partial charge is 0.220 e. The number of rotatable bonds is 55. The Kier molecular flexibility index (Phi) is 50.2. The fourth-order valence-corrected chi connectivity index (χ4v) is 11.7. The molecular weight excluding hydrogens is 1200 g/mol. The number of amides is 1. The number of hydrogen-bond donors (Lipinski definition) is 12. The molecule has 0 aromatic carbocycles. The standard InChI is InChI=1S/C75H129NO18/c1-3-5-7-9-11-13-15-17-19-21-23-25-27-29-31-33-35-37-39-41-43-45-47-49-51-53-63(81)76-58(59(80)52-50-48-46-44-42-40-38-36-34-32-30-28-26-24-22-20-18-16-14-12-10-8-6-4-2)57-89-73-69(87)66(84)71(61(55-78)91-73)94-75-70(88)67(85)72(62(56-79)92-75)93-74-68(86)65(83)64(82)60(54-77)90-74/h5,7,11,13,17,19,23,25,29,31,35,37,42,44,50,52,58-62,64-75,77-80,82-88H,3-4,6,8-10,12,14-16,18,20-22,24,26-28,30,32-34,36,38-41,43,45-49,51,53-57H2,1-2H3,(H,76,81)/b7-5-,13-11-,19-17-,25-23-,31-29-,37-35-,44-42+,52-50+. The van der Waals surface area contributed by atoms with Gasteiger partial charge in [-0.2, -0.15) is 0 Å². The Bertz CT molecular complexity index is 2080. The average molecular weight is 1330 g/mol. The van der Waals surface area contributed by atoms with Gasteiger partial charge in [-0.3, -0.25) is 4.79 Å². The number of unbranched alkanes of at least 4 members (excludes halogenated alkanes) is 25. The summed E-state index contributed by atoms with van der Waals surface area (Å²) in [5, 5.41) is 121. The van der Waals surface area contributed by atoms with E-state index in [-0.39, 0.29) is 18.9 Å². The molecule has 3 heterocycles. The van der Waals surface area contributed by atoms with Crippen LogP contribution in [0.5, 0.6) is 0 Å². The molecule has 19 heteroatoms. The van der Waals surface area contributed by atoms with Crippen LogP contribution in [0.2, 0.25) is 0 Å². The van der Waals surface area contributed by atoms with E-state index in [4.69, 9.17) is 28.4 Å². The number of hydrogen-bond acceptors (Lipinski definition) is 18. The summed E-state index contributed by atoms with van der Waals surface area (Å²) in [4.78, 5) is 13.4. The van der Waals surface area contributed by atoms with E-state index >= 15 is 0 Å². The minimum Gasteiger partial charge on any atom is -0.394 e. The Morgan fingerprint density at radius 3 is 1.19 bits per heavy atom. The SMILES string of the molecule is CC/C=C\C/C=C\C/C=C\C/C=C\C/C=C\C/C=C\CCCCCCCCC(=O)NC(COC1OC(CO)C(OC2OC(CO)C(OC3OC(CO)C(O)C(O)C3O)C(O)C2O)C(O)C1O)C(O)/C=C/CC/C=C/CCCCCCCCCCCCCCCCCCCC. The highest BCUT2D eigenvalue weighted by molar-refractivity contribution is 5.76. The molecule has 12 N–H and O–H groups in total. The van der Waals surface area contributed by atoms with E-state index in [1.54, 1.807) is 6.08 Å². The highest BCUT2D eigenvalue weighted by atomic mass is 16.8. The number of carbonyl (C=O) groups is 1. The number of allylic oxidation sites excluding steroid dienone is 15. The van der Waals surface area contributed by atoms with Gasteiger partial charge in [-0.1, -0.05) is 246 Å². The molecule has 0 aromatic rings. The second-order valence-corrected chi connectivity index (χ2v) is 25.7. The lowest BCUT2D eigenvalue weighted by atomic mass is 9.96. The lowest BCUT2D eigenvalue weighted by Crippen LogP contribution is -2.66. The molecule has 1 amide bonds. The van der Waals surface area contributed by atoms with Crippen molar-refractivity contribution >= 4 is 5.91 Å². The van der Waals surface area contributed by atoms with E-state index in [0.29, 0.717) is 12.8 Å². The monoisotopic (exact) mass is 1330 g/mol. The summed E-state index contributed by atoms with van der Waals surface area (Å²) in [5.74, 6) is -0.302. The molecule has 0 spiro atoms. The van der Waals surface area contributed by atoms with Crippen LogP contribution in [-0.2, 0) is 33.2 Å². The van der Waals surface area contributed by atoms with Crippen molar-refractivity contribution in [2.45, 2.75) is 343 Å². The highest BCUT2D eigenvalue weighted by Gasteiger charge is 2.53. The first-order chi connectivity index (χ1) is 45.8. The molecule has 0 bridgehead atoms. The molecule has 3 saturated heterocycles. The number of carbonyl (C=O) groups excluding carboxylic acids is 1. The normalized spacial score (nSPS) is 27.9. The molecule has 19 nitrogen and oxygen atoms in total. The van der Waals surface area contributed by atoms with E-state index in [1.165, 1.54) is 109 Å².